The van der Waals surface area contributed by atoms with Crippen LogP contribution >= 0.6 is 11.6 Å². The minimum absolute atomic E-state index is 0.00793. The highest BCUT2D eigenvalue weighted by Crippen LogP contribution is 2.19. The molecule has 9 heteroatoms. The van der Waals surface area contributed by atoms with Crippen molar-refractivity contribution in [1.29, 1.82) is 0 Å². The van der Waals surface area contributed by atoms with Crippen LogP contribution in [0.5, 0.6) is 0 Å². The number of aryl methyl sites for hydroxylation is 1. The van der Waals surface area contributed by atoms with Gasteiger partial charge in [0.25, 0.3) is 0 Å². The van der Waals surface area contributed by atoms with Crippen LogP contribution in [0, 0.1) is 12.7 Å². The lowest BCUT2D eigenvalue weighted by Gasteiger charge is -2.30. The fraction of sp³-hybridized carbons (Fsp3) is 0.375. The first kappa shape index (κ1) is 24.7. The van der Waals surface area contributed by atoms with E-state index in [0.29, 0.717) is 6.42 Å². The van der Waals surface area contributed by atoms with Crippen molar-refractivity contribution in [3.8, 4) is 0 Å². The molecule has 176 valence electrons. The van der Waals surface area contributed by atoms with Crippen molar-refractivity contribution in [1.82, 2.24) is 20.0 Å². The predicted molar refractivity (Wildman–Crippen MR) is 125 cm³/mol. The van der Waals surface area contributed by atoms with Gasteiger partial charge in [-0.2, -0.15) is 5.10 Å². The maximum absolute atomic E-state index is 14.1. The molecule has 3 rings (SSSR count). The number of para-hydroxylation sites is 1. The van der Waals surface area contributed by atoms with E-state index in [2.05, 4.69) is 10.4 Å². The van der Waals surface area contributed by atoms with Crippen LogP contribution in [0.4, 0.5) is 4.39 Å². The molecule has 1 heterocycles. The maximum Gasteiger partial charge on any atom is 0.245 e. The van der Waals surface area contributed by atoms with Crippen LogP contribution in [0.1, 0.15) is 24.6 Å². The second-order valence-electron chi connectivity index (χ2n) is 7.79. The average Bonchev–Trinajstić information content (AvgIpc) is 3.12. The third-order valence-electron chi connectivity index (χ3n) is 5.54. The number of benzene rings is 2. The van der Waals surface area contributed by atoms with E-state index in [4.69, 9.17) is 16.3 Å². The van der Waals surface area contributed by atoms with Crippen molar-refractivity contribution in [2.45, 2.75) is 39.4 Å². The summed E-state index contributed by atoms with van der Waals surface area (Å²) in [5.74, 6) is -1.23. The predicted octanol–water partition coefficient (Wildman–Crippen LogP) is 3.71. The molecule has 0 bridgehead atoms. The molecule has 7 nitrogen and oxygen atoms in total. The Hall–Kier alpha value is -2.97. The Kier molecular flexibility index (Phi) is 8.41. The van der Waals surface area contributed by atoms with Crippen LogP contribution in [0.3, 0.4) is 0 Å². The van der Waals surface area contributed by atoms with Crippen LogP contribution in [0.2, 0.25) is 5.02 Å². The van der Waals surface area contributed by atoms with Gasteiger partial charge in [0.1, 0.15) is 12.4 Å². The van der Waals surface area contributed by atoms with Crippen molar-refractivity contribution in [3.63, 3.8) is 0 Å². The second kappa shape index (κ2) is 11.2. The lowest BCUT2D eigenvalue weighted by Crippen LogP contribution is -2.49. The summed E-state index contributed by atoms with van der Waals surface area (Å²) in [6, 6.07) is 12.0. The van der Waals surface area contributed by atoms with Gasteiger partial charge in [-0.05, 0) is 25.5 Å². The summed E-state index contributed by atoms with van der Waals surface area (Å²) in [5, 5.41) is 8.14. The molecule has 0 aliphatic heterocycles. The number of fused-ring (bicyclic) bond motifs is 1. The van der Waals surface area contributed by atoms with Crippen LogP contribution in [-0.4, -0.2) is 52.8 Å². The normalized spacial score (nSPS) is 12.0. The second-order valence-corrected chi connectivity index (χ2v) is 8.20. The van der Waals surface area contributed by atoms with Gasteiger partial charge in [-0.1, -0.05) is 48.9 Å². The van der Waals surface area contributed by atoms with Crippen molar-refractivity contribution in [2.24, 2.45) is 0 Å². The first-order chi connectivity index (χ1) is 15.8. The van der Waals surface area contributed by atoms with Crippen molar-refractivity contribution >= 4 is 34.3 Å². The number of carbonyl (C=O) groups excluding carboxylic acids is 2. The Morgan fingerprint density at radius 3 is 2.73 bits per heavy atom. The number of rotatable bonds is 10. The lowest BCUT2D eigenvalue weighted by molar-refractivity contribution is -0.140. The number of nitrogens with zero attached hydrogens (tertiary/aromatic N) is 3. The van der Waals surface area contributed by atoms with Crippen LogP contribution < -0.4 is 5.32 Å². The number of carbonyl (C=O) groups is 2. The Bertz CT molecular complexity index is 1130. The van der Waals surface area contributed by atoms with Gasteiger partial charge in [-0.3, -0.25) is 14.3 Å². The van der Waals surface area contributed by atoms with E-state index in [0.717, 1.165) is 16.6 Å². The van der Waals surface area contributed by atoms with Gasteiger partial charge in [-0.25, -0.2) is 4.39 Å². The van der Waals surface area contributed by atoms with Crippen LogP contribution in [0.25, 0.3) is 10.9 Å². The molecule has 0 radical (unpaired) electrons. The Morgan fingerprint density at radius 2 is 2.00 bits per heavy atom. The summed E-state index contributed by atoms with van der Waals surface area (Å²) in [4.78, 5) is 27.5. The third kappa shape index (κ3) is 5.89. The molecule has 0 fully saturated rings. The number of methoxy groups -OCH3 is 1. The number of aromatic nitrogens is 2. The summed E-state index contributed by atoms with van der Waals surface area (Å²) >= 11 is 5.81. The van der Waals surface area contributed by atoms with Crippen molar-refractivity contribution < 1.29 is 18.7 Å². The number of hydrogen-bond donors (Lipinski definition) is 1. The Balaban J connectivity index is 1.75. The minimum atomic E-state index is -0.570. The van der Waals surface area contributed by atoms with Crippen LogP contribution in [-0.2, 0) is 27.4 Å². The molecule has 0 aliphatic carbocycles. The van der Waals surface area contributed by atoms with Gasteiger partial charge < -0.3 is 15.0 Å². The van der Waals surface area contributed by atoms with Crippen molar-refractivity contribution in [3.05, 3.63) is 64.6 Å². The molecule has 1 aromatic heterocycles. The summed E-state index contributed by atoms with van der Waals surface area (Å²) in [6.45, 7) is 3.89. The summed E-state index contributed by atoms with van der Waals surface area (Å²) in [5.41, 5.74) is 1.95. The Labute approximate surface area is 197 Å². The van der Waals surface area contributed by atoms with Gasteiger partial charge in [0.15, 0.2) is 0 Å². The molecule has 3 aromatic rings. The van der Waals surface area contributed by atoms with E-state index in [9.17, 15) is 14.0 Å². The number of amides is 2. The quantitative estimate of drug-likeness (QED) is 0.486. The monoisotopic (exact) mass is 474 g/mol. The first-order valence-corrected chi connectivity index (χ1v) is 11.1. The molecular formula is C24H28ClFN4O3. The largest absolute Gasteiger partial charge is 0.383 e. The molecule has 0 saturated heterocycles. The van der Waals surface area contributed by atoms with Gasteiger partial charge in [0, 0.05) is 24.6 Å². The molecule has 1 unspecified atom stereocenters. The zero-order valence-corrected chi connectivity index (χ0v) is 19.7. The minimum Gasteiger partial charge on any atom is -0.383 e. The standard InChI is InChI=1S/C24H28ClFN4O3/c1-4-18(15-33-3)29(13-22(31)27-12-17-8-7-10-20(25)24(17)26)23(32)14-30-21-11-6-5-9-19(21)16(2)28-30/h5-11,18H,4,12-15H2,1-3H3,(H,27,31). The summed E-state index contributed by atoms with van der Waals surface area (Å²) < 4.78 is 21.1. The molecule has 1 atom stereocenters. The van der Waals surface area contributed by atoms with E-state index in [1.54, 1.807) is 23.9 Å². The van der Waals surface area contributed by atoms with Gasteiger partial charge in [0.2, 0.25) is 11.8 Å². The molecular weight excluding hydrogens is 447 g/mol. The molecule has 0 saturated carbocycles. The van der Waals surface area contributed by atoms with Crippen molar-refractivity contribution in [2.75, 3.05) is 20.3 Å². The number of nitrogens with one attached hydrogen (secondary N) is 1. The van der Waals surface area contributed by atoms with Gasteiger partial charge >= 0.3 is 0 Å². The molecule has 0 spiro atoms. The first-order valence-electron chi connectivity index (χ1n) is 10.8. The fourth-order valence-corrected chi connectivity index (χ4v) is 3.96. The Morgan fingerprint density at radius 1 is 1.24 bits per heavy atom. The smallest absolute Gasteiger partial charge is 0.245 e. The zero-order chi connectivity index (χ0) is 24.0. The molecule has 1 N–H and O–H groups in total. The maximum atomic E-state index is 14.1. The number of halogens is 2. The van der Waals surface area contributed by atoms with E-state index in [-0.39, 0.29) is 48.8 Å². The average molecular weight is 475 g/mol. The highest BCUT2D eigenvalue weighted by atomic mass is 35.5. The van der Waals surface area contributed by atoms with E-state index in [1.165, 1.54) is 11.0 Å². The topological polar surface area (TPSA) is 76.5 Å². The van der Waals surface area contributed by atoms with Gasteiger partial charge in [0.05, 0.1) is 35.4 Å². The SMILES string of the molecule is CCC(COC)N(CC(=O)NCc1cccc(Cl)c1F)C(=O)Cn1nc(C)c2ccccc21. The van der Waals surface area contributed by atoms with E-state index < -0.39 is 11.7 Å². The number of ether oxygens (including phenoxy) is 1. The number of hydrogen-bond acceptors (Lipinski definition) is 4. The van der Waals surface area contributed by atoms with Crippen LogP contribution in [0.15, 0.2) is 42.5 Å². The van der Waals surface area contributed by atoms with Gasteiger partial charge in [-0.15, -0.1) is 0 Å². The summed E-state index contributed by atoms with van der Waals surface area (Å²) in [6.07, 6.45) is 0.606. The molecule has 33 heavy (non-hydrogen) atoms. The molecule has 2 amide bonds. The fourth-order valence-electron chi connectivity index (χ4n) is 3.76. The lowest BCUT2D eigenvalue weighted by atomic mass is 10.2. The highest BCUT2D eigenvalue weighted by molar-refractivity contribution is 6.30. The zero-order valence-electron chi connectivity index (χ0n) is 19.0. The van der Waals surface area contributed by atoms with E-state index in [1.807, 2.05) is 38.1 Å². The van der Waals surface area contributed by atoms with E-state index >= 15 is 0 Å². The molecule has 0 aliphatic rings. The third-order valence-corrected chi connectivity index (χ3v) is 5.83. The molecule has 2 aromatic carbocycles. The highest BCUT2D eigenvalue weighted by Gasteiger charge is 2.26. The summed E-state index contributed by atoms with van der Waals surface area (Å²) in [7, 11) is 1.55.